The van der Waals surface area contributed by atoms with E-state index in [0.29, 0.717) is 16.9 Å². The summed E-state index contributed by atoms with van der Waals surface area (Å²) in [5, 5.41) is 3.71. The molecule has 8 heteroatoms. The first kappa shape index (κ1) is 21.7. The predicted octanol–water partition coefficient (Wildman–Crippen LogP) is 5.27. The van der Waals surface area contributed by atoms with Gasteiger partial charge in [-0.1, -0.05) is 6.07 Å². The van der Waals surface area contributed by atoms with Gasteiger partial charge in [-0.2, -0.15) is 0 Å². The fourth-order valence-corrected chi connectivity index (χ4v) is 4.60. The van der Waals surface area contributed by atoms with Crippen LogP contribution in [0.1, 0.15) is 5.56 Å². The summed E-state index contributed by atoms with van der Waals surface area (Å²) in [4.78, 5) is 33.8. The van der Waals surface area contributed by atoms with E-state index in [1.165, 1.54) is 34.7 Å². The lowest BCUT2D eigenvalue weighted by molar-refractivity contribution is -0.116. The van der Waals surface area contributed by atoms with Crippen molar-refractivity contribution in [3.8, 4) is 21.8 Å². The zero-order valence-corrected chi connectivity index (χ0v) is 19.0. The first-order valence-corrected chi connectivity index (χ1v) is 11.4. The highest BCUT2D eigenvalue weighted by atomic mass is 32.1. The lowest BCUT2D eigenvalue weighted by Crippen LogP contribution is -2.27. The van der Waals surface area contributed by atoms with Crippen molar-refractivity contribution in [2.75, 3.05) is 5.32 Å². The predicted molar refractivity (Wildman–Crippen MR) is 132 cm³/mol. The Morgan fingerprint density at radius 1 is 1.00 bits per heavy atom. The maximum absolute atomic E-state index is 13.1. The van der Waals surface area contributed by atoms with Crippen molar-refractivity contribution in [3.05, 3.63) is 101 Å². The van der Waals surface area contributed by atoms with Crippen molar-refractivity contribution in [1.29, 1.82) is 0 Å². The Labute approximate surface area is 198 Å². The number of nitrogens with one attached hydrogen (secondary N) is 1. The third-order valence-electron chi connectivity index (χ3n) is 5.29. The van der Waals surface area contributed by atoms with Gasteiger partial charge < -0.3 is 5.32 Å². The minimum Gasteiger partial charge on any atom is -0.325 e. The number of benzene rings is 3. The fraction of sp³-hybridized carbons (Fsp3) is 0.0769. The molecule has 168 valence electrons. The summed E-state index contributed by atoms with van der Waals surface area (Å²) in [7, 11) is 0. The molecule has 0 radical (unpaired) electrons. The molecule has 3 aromatic carbocycles. The van der Waals surface area contributed by atoms with Crippen LogP contribution < -0.4 is 10.9 Å². The highest BCUT2D eigenvalue weighted by Crippen LogP contribution is 2.31. The number of anilines is 1. The van der Waals surface area contributed by atoms with Gasteiger partial charge in [-0.25, -0.2) is 14.4 Å². The molecule has 0 saturated carbocycles. The average molecular weight is 471 g/mol. The van der Waals surface area contributed by atoms with Crippen molar-refractivity contribution in [2.45, 2.75) is 13.5 Å². The Kier molecular flexibility index (Phi) is 5.73. The van der Waals surface area contributed by atoms with Crippen LogP contribution in [0.15, 0.2) is 83.9 Å². The third-order valence-corrected chi connectivity index (χ3v) is 6.36. The molecule has 5 aromatic rings. The third kappa shape index (κ3) is 4.62. The fourth-order valence-electron chi connectivity index (χ4n) is 3.53. The van der Waals surface area contributed by atoms with Crippen molar-refractivity contribution < 1.29 is 9.18 Å². The van der Waals surface area contributed by atoms with Crippen molar-refractivity contribution >= 4 is 33.1 Å². The van der Waals surface area contributed by atoms with Gasteiger partial charge in [0.05, 0.1) is 22.2 Å². The van der Waals surface area contributed by atoms with Crippen molar-refractivity contribution in [2.24, 2.45) is 0 Å². The number of aryl methyl sites for hydroxylation is 1. The first-order valence-electron chi connectivity index (χ1n) is 10.5. The van der Waals surface area contributed by atoms with Crippen LogP contribution in [-0.2, 0) is 11.3 Å². The molecule has 2 heterocycles. The van der Waals surface area contributed by atoms with Gasteiger partial charge in [-0.15, -0.1) is 11.3 Å². The second-order valence-electron chi connectivity index (χ2n) is 7.86. The van der Waals surface area contributed by atoms with E-state index < -0.39 is 0 Å². The number of amides is 1. The summed E-state index contributed by atoms with van der Waals surface area (Å²) >= 11 is 1.63. The maximum atomic E-state index is 13.1. The molecular weight excluding hydrogens is 451 g/mol. The smallest absolute Gasteiger partial charge is 0.254 e. The molecule has 2 aromatic heterocycles. The maximum Gasteiger partial charge on any atom is 0.254 e. The second-order valence-corrected chi connectivity index (χ2v) is 8.89. The van der Waals surface area contributed by atoms with Gasteiger partial charge in [0.2, 0.25) is 5.91 Å². The number of rotatable bonds is 5. The van der Waals surface area contributed by atoms with Crippen LogP contribution in [-0.4, -0.2) is 20.4 Å². The minimum absolute atomic E-state index is 0.172. The molecule has 0 spiro atoms. The molecule has 0 atom stereocenters. The van der Waals surface area contributed by atoms with Gasteiger partial charge in [0, 0.05) is 22.9 Å². The van der Waals surface area contributed by atoms with Crippen molar-refractivity contribution in [3.63, 3.8) is 0 Å². The van der Waals surface area contributed by atoms with E-state index >= 15 is 0 Å². The lowest BCUT2D eigenvalue weighted by atomic mass is 10.1. The molecule has 0 saturated heterocycles. The Balaban J connectivity index is 1.26. The number of carbonyl (C=O) groups excluding carboxylic acids is 1. The number of hydrogen-bond donors (Lipinski definition) is 1. The molecule has 6 nitrogen and oxygen atoms in total. The van der Waals surface area contributed by atoms with Crippen LogP contribution in [0, 0.1) is 12.7 Å². The highest BCUT2D eigenvalue weighted by molar-refractivity contribution is 7.21. The van der Waals surface area contributed by atoms with E-state index in [2.05, 4.69) is 28.3 Å². The number of halogens is 1. The molecular formula is C26H19FN4O2S. The molecule has 0 aliphatic rings. The molecule has 0 unspecified atom stereocenters. The summed E-state index contributed by atoms with van der Waals surface area (Å²) in [5.74, 6) is -0.710. The number of thiazole rings is 1. The van der Waals surface area contributed by atoms with E-state index in [4.69, 9.17) is 0 Å². The van der Waals surface area contributed by atoms with Crippen LogP contribution in [0.5, 0.6) is 0 Å². The van der Waals surface area contributed by atoms with E-state index in [1.54, 1.807) is 23.5 Å². The molecule has 5 rings (SSSR count). The number of aromatic nitrogens is 3. The number of fused-ring (bicyclic) bond motifs is 1. The van der Waals surface area contributed by atoms with E-state index in [1.807, 2.05) is 36.4 Å². The van der Waals surface area contributed by atoms with Crippen LogP contribution in [0.2, 0.25) is 0 Å². The topological polar surface area (TPSA) is 76.9 Å². The quantitative estimate of drug-likeness (QED) is 0.380. The van der Waals surface area contributed by atoms with Crippen molar-refractivity contribution in [1.82, 2.24) is 14.5 Å². The van der Waals surface area contributed by atoms with Crippen LogP contribution in [0.25, 0.3) is 32.0 Å². The van der Waals surface area contributed by atoms with Crippen LogP contribution in [0.4, 0.5) is 10.1 Å². The second kappa shape index (κ2) is 8.99. The monoisotopic (exact) mass is 470 g/mol. The molecule has 1 N–H and O–H groups in total. The standard InChI is InChI=1S/C26H19FN4O2S/c1-16-2-11-21-23(12-16)34-26(30-21)18-5-9-20(10-6-18)29-24(32)14-31-15-28-22(13-25(31)33)17-3-7-19(27)8-4-17/h2-13,15H,14H2,1H3,(H,29,32). The van der Waals surface area contributed by atoms with Gasteiger partial charge in [0.15, 0.2) is 0 Å². The number of carbonyl (C=O) groups is 1. The molecule has 1 amide bonds. The molecule has 0 fully saturated rings. The lowest BCUT2D eigenvalue weighted by Gasteiger charge is -2.08. The van der Waals surface area contributed by atoms with Crippen LogP contribution >= 0.6 is 11.3 Å². The summed E-state index contributed by atoms with van der Waals surface area (Å²) in [6.45, 7) is 1.88. The summed E-state index contributed by atoms with van der Waals surface area (Å²) in [6, 6.07) is 20.6. The Morgan fingerprint density at radius 2 is 1.74 bits per heavy atom. The highest BCUT2D eigenvalue weighted by Gasteiger charge is 2.10. The Bertz CT molecular complexity index is 1560. The largest absolute Gasteiger partial charge is 0.325 e. The summed E-state index contributed by atoms with van der Waals surface area (Å²) in [5.41, 5.74) is 4.42. The zero-order valence-electron chi connectivity index (χ0n) is 18.2. The summed E-state index contributed by atoms with van der Waals surface area (Å²) < 4.78 is 15.5. The SMILES string of the molecule is Cc1ccc2nc(-c3ccc(NC(=O)Cn4cnc(-c5ccc(F)cc5)cc4=O)cc3)sc2c1. The normalized spacial score (nSPS) is 11.0. The molecule has 0 bridgehead atoms. The van der Waals surface area contributed by atoms with E-state index in [-0.39, 0.29) is 23.8 Å². The van der Waals surface area contributed by atoms with Crippen LogP contribution in [0.3, 0.4) is 0 Å². The van der Waals surface area contributed by atoms with Gasteiger partial charge in [0.25, 0.3) is 5.56 Å². The van der Waals surface area contributed by atoms with Gasteiger partial charge in [0.1, 0.15) is 17.4 Å². The zero-order chi connectivity index (χ0) is 23.7. The Morgan fingerprint density at radius 3 is 2.47 bits per heavy atom. The molecule has 0 aliphatic carbocycles. The number of hydrogen-bond acceptors (Lipinski definition) is 5. The van der Waals surface area contributed by atoms with E-state index in [9.17, 15) is 14.0 Å². The van der Waals surface area contributed by atoms with Gasteiger partial charge in [-0.3, -0.25) is 14.2 Å². The first-order chi connectivity index (χ1) is 16.4. The molecule has 34 heavy (non-hydrogen) atoms. The minimum atomic E-state index is -0.370. The molecule has 0 aliphatic heterocycles. The Hall–Kier alpha value is -4.17. The van der Waals surface area contributed by atoms with Gasteiger partial charge in [-0.05, 0) is 73.2 Å². The van der Waals surface area contributed by atoms with Gasteiger partial charge >= 0.3 is 0 Å². The summed E-state index contributed by atoms with van der Waals surface area (Å²) in [6.07, 6.45) is 1.32. The number of nitrogens with zero attached hydrogens (tertiary/aromatic N) is 3. The van der Waals surface area contributed by atoms with E-state index in [0.717, 1.165) is 20.8 Å². The average Bonchev–Trinajstić information content (AvgIpc) is 3.24.